The van der Waals surface area contributed by atoms with Crippen molar-refractivity contribution in [1.82, 2.24) is 9.55 Å². The Kier molecular flexibility index (Phi) is 2.65. The number of nitrogens with zero attached hydrogens (tertiary/aromatic N) is 2. The van der Waals surface area contributed by atoms with Crippen molar-refractivity contribution in [3.05, 3.63) is 52.5 Å². The van der Waals surface area contributed by atoms with Gasteiger partial charge in [-0.3, -0.25) is 4.57 Å². The SMILES string of the molecule is Nc1nc2c(Cl)cccc2n1-c1ccccc1Cl. The van der Waals surface area contributed by atoms with Crippen LogP contribution in [0.15, 0.2) is 42.5 Å². The molecule has 0 bridgehead atoms. The number of hydrogen-bond acceptors (Lipinski definition) is 2. The molecule has 0 amide bonds. The Balaban J connectivity index is 2.40. The maximum atomic E-state index is 6.19. The fourth-order valence-corrected chi connectivity index (χ4v) is 2.40. The molecule has 3 nitrogen and oxygen atoms in total. The Morgan fingerprint density at radius 2 is 1.67 bits per heavy atom. The second-order valence-corrected chi connectivity index (χ2v) is 4.68. The molecule has 3 aromatic rings. The number of halogens is 2. The summed E-state index contributed by atoms with van der Waals surface area (Å²) in [4.78, 5) is 4.28. The minimum absolute atomic E-state index is 0.367. The van der Waals surface area contributed by atoms with Gasteiger partial charge in [0.1, 0.15) is 5.52 Å². The molecule has 18 heavy (non-hydrogen) atoms. The smallest absolute Gasteiger partial charge is 0.206 e. The Morgan fingerprint density at radius 1 is 0.944 bits per heavy atom. The van der Waals surface area contributed by atoms with Gasteiger partial charge < -0.3 is 5.73 Å². The highest BCUT2D eigenvalue weighted by atomic mass is 35.5. The third-order valence-electron chi connectivity index (χ3n) is 2.76. The largest absolute Gasteiger partial charge is 0.369 e. The lowest BCUT2D eigenvalue weighted by Gasteiger charge is -2.08. The number of aromatic nitrogens is 2. The van der Waals surface area contributed by atoms with Gasteiger partial charge in [0, 0.05) is 0 Å². The van der Waals surface area contributed by atoms with Gasteiger partial charge in [-0.25, -0.2) is 4.98 Å². The summed E-state index contributed by atoms with van der Waals surface area (Å²) in [6.45, 7) is 0. The summed E-state index contributed by atoms with van der Waals surface area (Å²) in [7, 11) is 0. The minimum atomic E-state index is 0.367. The zero-order valence-corrected chi connectivity index (χ0v) is 10.8. The van der Waals surface area contributed by atoms with Gasteiger partial charge in [0.2, 0.25) is 5.95 Å². The zero-order chi connectivity index (χ0) is 12.7. The Labute approximate surface area is 114 Å². The van der Waals surface area contributed by atoms with Crippen molar-refractivity contribution >= 4 is 40.2 Å². The van der Waals surface area contributed by atoms with E-state index in [1.165, 1.54) is 0 Å². The first-order chi connectivity index (χ1) is 8.68. The molecular formula is C13H9Cl2N3. The summed E-state index contributed by atoms with van der Waals surface area (Å²) in [6.07, 6.45) is 0. The summed E-state index contributed by atoms with van der Waals surface area (Å²) < 4.78 is 1.80. The Morgan fingerprint density at radius 3 is 2.44 bits per heavy atom. The van der Waals surface area contributed by atoms with Crippen molar-refractivity contribution in [2.24, 2.45) is 0 Å². The molecule has 5 heteroatoms. The molecule has 0 aliphatic carbocycles. The number of rotatable bonds is 1. The quantitative estimate of drug-likeness (QED) is 0.733. The van der Waals surface area contributed by atoms with Crippen molar-refractivity contribution in [3.8, 4) is 5.69 Å². The molecule has 2 N–H and O–H groups in total. The molecule has 2 aromatic carbocycles. The van der Waals surface area contributed by atoms with Crippen LogP contribution in [0.1, 0.15) is 0 Å². The maximum absolute atomic E-state index is 6.19. The number of nitrogen functional groups attached to an aromatic ring is 1. The fourth-order valence-electron chi connectivity index (χ4n) is 1.97. The predicted octanol–water partition coefficient (Wildman–Crippen LogP) is 3.91. The van der Waals surface area contributed by atoms with E-state index in [0.29, 0.717) is 21.5 Å². The van der Waals surface area contributed by atoms with Gasteiger partial charge in [0.15, 0.2) is 0 Å². The summed E-state index contributed by atoms with van der Waals surface area (Å²) in [6, 6.07) is 13.0. The maximum Gasteiger partial charge on any atom is 0.206 e. The van der Waals surface area contributed by atoms with Gasteiger partial charge in [-0.15, -0.1) is 0 Å². The molecule has 0 spiro atoms. The average molecular weight is 278 g/mol. The first-order valence-electron chi connectivity index (χ1n) is 5.36. The van der Waals surface area contributed by atoms with Crippen molar-refractivity contribution in [1.29, 1.82) is 0 Å². The van der Waals surface area contributed by atoms with Gasteiger partial charge in [-0.2, -0.15) is 0 Å². The van der Waals surface area contributed by atoms with E-state index in [2.05, 4.69) is 4.98 Å². The van der Waals surface area contributed by atoms with Crippen molar-refractivity contribution in [2.75, 3.05) is 5.73 Å². The molecule has 1 aromatic heterocycles. The van der Waals surface area contributed by atoms with E-state index in [-0.39, 0.29) is 0 Å². The first kappa shape index (κ1) is 11.4. The Hall–Kier alpha value is -1.71. The average Bonchev–Trinajstić information content (AvgIpc) is 2.68. The van der Waals surface area contributed by atoms with Gasteiger partial charge in [0.25, 0.3) is 0 Å². The number of anilines is 1. The summed E-state index contributed by atoms with van der Waals surface area (Å²) in [5, 5.41) is 1.19. The van der Waals surface area contributed by atoms with E-state index in [0.717, 1.165) is 11.2 Å². The van der Waals surface area contributed by atoms with Crippen molar-refractivity contribution in [2.45, 2.75) is 0 Å². The number of fused-ring (bicyclic) bond motifs is 1. The molecule has 0 radical (unpaired) electrons. The molecule has 0 aliphatic rings. The lowest BCUT2D eigenvalue weighted by atomic mass is 10.3. The minimum Gasteiger partial charge on any atom is -0.369 e. The number of hydrogen-bond donors (Lipinski definition) is 1. The fraction of sp³-hybridized carbons (Fsp3) is 0. The van der Waals surface area contributed by atoms with Gasteiger partial charge in [0.05, 0.1) is 21.2 Å². The third kappa shape index (κ3) is 1.64. The van der Waals surface area contributed by atoms with Gasteiger partial charge in [-0.1, -0.05) is 41.4 Å². The van der Waals surface area contributed by atoms with Crippen molar-refractivity contribution in [3.63, 3.8) is 0 Å². The second kappa shape index (κ2) is 4.19. The molecule has 0 unspecified atom stereocenters. The Bertz CT molecular complexity index is 734. The second-order valence-electron chi connectivity index (χ2n) is 3.86. The van der Waals surface area contributed by atoms with Crippen LogP contribution >= 0.6 is 23.2 Å². The van der Waals surface area contributed by atoms with Crippen LogP contribution in [0.4, 0.5) is 5.95 Å². The predicted molar refractivity (Wildman–Crippen MR) is 75.5 cm³/mol. The lowest BCUT2D eigenvalue weighted by molar-refractivity contribution is 1.11. The molecule has 0 saturated heterocycles. The zero-order valence-electron chi connectivity index (χ0n) is 9.27. The highest BCUT2D eigenvalue weighted by Crippen LogP contribution is 2.30. The van der Waals surface area contributed by atoms with Gasteiger partial charge >= 0.3 is 0 Å². The van der Waals surface area contributed by atoms with Crippen LogP contribution in [0.2, 0.25) is 10.0 Å². The van der Waals surface area contributed by atoms with Crippen molar-refractivity contribution < 1.29 is 0 Å². The lowest BCUT2D eigenvalue weighted by Crippen LogP contribution is -2.00. The molecule has 0 atom stereocenters. The van der Waals surface area contributed by atoms with E-state index >= 15 is 0 Å². The van der Waals surface area contributed by atoms with Crippen LogP contribution in [0.5, 0.6) is 0 Å². The van der Waals surface area contributed by atoms with E-state index < -0.39 is 0 Å². The normalized spacial score (nSPS) is 11.0. The summed E-state index contributed by atoms with van der Waals surface area (Å²) >= 11 is 12.3. The number of para-hydroxylation sites is 2. The molecule has 0 fully saturated rings. The first-order valence-corrected chi connectivity index (χ1v) is 6.11. The highest BCUT2D eigenvalue weighted by Gasteiger charge is 2.13. The van der Waals surface area contributed by atoms with E-state index in [4.69, 9.17) is 28.9 Å². The van der Waals surface area contributed by atoms with Crippen LogP contribution in [-0.2, 0) is 0 Å². The molecule has 0 saturated carbocycles. The molecule has 90 valence electrons. The molecule has 1 heterocycles. The summed E-state index contributed by atoms with van der Waals surface area (Å²) in [5.41, 5.74) is 8.27. The van der Waals surface area contributed by atoms with E-state index in [1.807, 2.05) is 36.4 Å². The van der Waals surface area contributed by atoms with Crippen LogP contribution in [0, 0.1) is 0 Å². The van der Waals surface area contributed by atoms with E-state index in [9.17, 15) is 0 Å². The number of benzene rings is 2. The van der Waals surface area contributed by atoms with Crippen LogP contribution in [0.3, 0.4) is 0 Å². The van der Waals surface area contributed by atoms with E-state index in [1.54, 1.807) is 10.6 Å². The number of imidazole rings is 1. The summed E-state index contributed by atoms with van der Waals surface area (Å²) in [5.74, 6) is 0.367. The van der Waals surface area contributed by atoms with Gasteiger partial charge in [-0.05, 0) is 24.3 Å². The molecule has 0 aliphatic heterocycles. The van der Waals surface area contributed by atoms with Crippen LogP contribution < -0.4 is 5.73 Å². The molecular weight excluding hydrogens is 269 g/mol. The highest BCUT2D eigenvalue weighted by molar-refractivity contribution is 6.35. The topological polar surface area (TPSA) is 43.8 Å². The monoisotopic (exact) mass is 277 g/mol. The number of nitrogens with two attached hydrogens (primary N) is 1. The third-order valence-corrected chi connectivity index (χ3v) is 3.38. The standard InChI is InChI=1S/C13H9Cl2N3/c14-8-4-1-2-6-10(8)18-11-7-3-5-9(15)12(11)17-13(18)16/h1-7H,(H2,16,17). The van der Waals surface area contributed by atoms with Crippen LogP contribution in [-0.4, -0.2) is 9.55 Å². The van der Waals surface area contributed by atoms with Crippen LogP contribution in [0.25, 0.3) is 16.7 Å². The molecule has 3 rings (SSSR count).